The highest BCUT2D eigenvalue weighted by Crippen LogP contribution is 2.16. The zero-order valence-corrected chi connectivity index (χ0v) is 12.7. The van der Waals surface area contributed by atoms with E-state index in [1.165, 1.54) is 12.1 Å². The summed E-state index contributed by atoms with van der Waals surface area (Å²) in [5, 5.41) is 7.33. The predicted octanol–water partition coefficient (Wildman–Crippen LogP) is 2.18. The lowest BCUT2D eigenvalue weighted by Gasteiger charge is -2.07. The highest BCUT2D eigenvalue weighted by Gasteiger charge is 2.10. The summed E-state index contributed by atoms with van der Waals surface area (Å²) < 4.78 is 48.4. The maximum Gasteiger partial charge on any atom is 0.238 e. The van der Waals surface area contributed by atoms with E-state index >= 15 is 0 Å². The fraction of sp³-hybridized carbons (Fsp3) is 0.133. The van der Waals surface area contributed by atoms with Gasteiger partial charge < -0.3 is 5.32 Å². The molecular formula is C15H14F2N2O3S. The Morgan fingerprint density at radius 3 is 2.30 bits per heavy atom. The second-order valence-corrected chi connectivity index (χ2v) is 6.42. The van der Waals surface area contributed by atoms with E-state index in [0.29, 0.717) is 12.5 Å². The smallest absolute Gasteiger partial charge is 0.238 e. The third-order valence-corrected chi connectivity index (χ3v) is 4.03. The zero-order chi connectivity index (χ0) is 17.0. The first kappa shape index (κ1) is 17.0. The summed E-state index contributed by atoms with van der Waals surface area (Å²) in [6.07, 6.45) is 0.394. The first-order chi connectivity index (χ1) is 10.8. The summed E-state index contributed by atoms with van der Waals surface area (Å²) in [5.74, 6) is -2.02. The molecule has 0 aliphatic carbocycles. The van der Waals surface area contributed by atoms with Crippen LogP contribution in [0.2, 0.25) is 0 Å². The zero-order valence-electron chi connectivity index (χ0n) is 11.9. The Balaban J connectivity index is 1.94. The molecule has 0 aliphatic rings. The standard InChI is InChI=1S/C15H14F2N2O3S/c16-11-4-7-14(13(17)9-11)19-15(20)8-3-10-1-5-12(6-2-10)23(18,21)22/h1-2,4-7,9H,3,8H2,(H,19,20)(H2,18,21,22). The van der Waals surface area contributed by atoms with Gasteiger partial charge >= 0.3 is 0 Å². The van der Waals surface area contributed by atoms with Gasteiger partial charge in [0.05, 0.1) is 10.6 Å². The van der Waals surface area contributed by atoms with Crippen LogP contribution in [0.15, 0.2) is 47.4 Å². The van der Waals surface area contributed by atoms with Crippen LogP contribution >= 0.6 is 0 Å². The van der Waals surface area contributed by atoms with E-state index in [9.17, 15) is 22.0 Å². The summed E-state index contributed by atoms with van der Waals surface area (Å²) in [6, 6.07) is 8.66. The average Bonchev–Trinajstić information content (AvgIpc) is 2.47. The largest absolute Gasteiger partial charge is 0.324 e. The average molecular weight is 340 g/mol. The highest BCUT2D eigenvalue weighted by atomic mass is 32.2. The molecule has 0 spiro atoms. The van der Waals surface area contributed by atoms with Crippen molar-refractivity contribution in [3.8, 4) is 0 Å². The van der Waals surface area contributed by atoms with E-state index in [2.05, 4.69) is 5.32 Å². The third-order valence-electron chi connectivity index (χ3n) is 3.10. The number of carbonyl (C=O) groups is 1. The van der Waals surface area contributed by atoms with E-state index in [1.807, 2.05) is 0 Å². The summed E-state index contributed by atoms with van der Waals surface area (Å²) in [7, 11) is -3.75. The molecule has 0 heterocycles. The van der Waals surface area contributed by atoms with Crippen LogP contribution in [-0.4, -0.2) is 14.3 Å². The number of benzene rings is 2. The fourth-order valence-electron chi connectivity index (χ4n) is 1.91. The van der Waals surface area contributed by atoms with Gasteiger partial charge in [0.15, 0.2) is 0 Å². The molecule has 3 N–H and O–H groups in total. The van der Waals surface area contributed by atoms with Gasteiger partial charge in [-0.25, -0.2) is 22.3 Å². The minimum atomic E-state index is -3.75. The molecule has 5 nitrogen and oxygen atoms in total. The predicted molar refractivity (Wildman–Crippen MR) is 81.1 cm³/mol. The molecule has 2 aromatic rings. The lowest BCUT2D eigenvalue weighted by molar-refractivity contribution is -0.116. The molecule has 0 radical (unpaired) electrons. The minimum absolute atomic E-state index is 0.0147. The molecule has 0 saturated carbocycles. The topological polar surface area (TPSA) is 89.3 Å². The molecule has 0 saturated heterocycles. The highest BCUT2D eigenvalue weighted by molar-refractivity contribution is 7.89. The number of anilines is 1. The Kier molecular flexibility index (Phi) is 5.07. The van der Waals surface area contributed by atoms with E-state index < -0.39 is 27.6 Å². The van der Waals surface area contributed by atoms with Crippen LogP contribution in [0.3, 0.4) is 0 Å². The SMILES string of the molecule is NS(=O)(=O)c1ccc(CCC(=O)Nc2ccc(F)cc2F)cc1. The maximum absolute atomic E-state index is 13.4. The number of hydrogen-bond acceptors (Lipinski definition) is 3. The van der Waals surface area contributed by atoms with Gasteiger partial charge in [-0.15, -0.1) is 0 Å². The number of hydrogen-bond donors (Lipinski definition) is 2. The molecule has 23 heavy (non-hydrogen) atoms. The number of nitrogens with one attached hydrogen (secondary N) is 1. The first-order valence-electron chi connectivity index (χ1n) is 6.62. The number of nitrogens with two attached hydrogens (primary N) is 1. The molecule has 0 aliphatic heterocycles. The van der Waals surface area contributed by atoms with Crippen molar-refractivity contribution in [3.63, 3.8) is 0 Å². The van der Waals surface area contributed by atoms with Gasteiger partial charge in [-0.2, -0.15) is 0 Å². The van der Waals surface area contributed by atoms with Gasteiger partial charge in [0.25, 0.3) is 0 Å². The van der Waals surface area contributed by atoms with Crippen molar-refractivity contribution in [3.05, 3.63) is 59.7 Å². The molecule has 0 atom stereocenters. The minimum Gasteiger partial charge on any atom is -0.324 e. The number of sulfonamides is 1. The molecule has 0 unspecified atom stereocenters. The lowest BCUT2D eigenvalue weighted by Crippen LogP contribution is -2.14. The van der Waals surface area contributed by atoms with Gasteiger partial charge in [0, 0.05) is 12.5 Å². The Morgan fingerprint density at radius 1 is 1.09 bits per heavy atom. The van der Waals surface area contributed by atoms with Crippen molar-refractivity contribution in [1.82, 2.24) is 0 Å². The normalized spacial score (nSPS) is 11.3. The van der Waals surface area contributed by atoms with Crippen LogP contribution in [0.25, 0.3) is 0 Å². The molecular weight excluding hydrogens is 326 g/mol. The molecule has 0 aromatic heterocycles. The van der Waals surface area contributed by atoms with E-state index in [1.54, 1.807) is 12.1 Å². The molecule has 1 amide bonds. The molecule has 8 heteroatoms. The van der Waals surface area contributed by atoms with Crippen LogP contribution in [-0.2, 0) is 21.2 Å². The molecule has 0 fully saturated rings. The number of carbonyl (C=O) groups excluding carboxylic acids is 1. The van der Waals surface area contributed by atoms with Crippen molar-refractivity contribution < 1.29 is 22.0 Å². The monoisotopic (exact) mass is 340 g/mol. The third kappa shape index (κ3) is 4.83. The Bertz CT molecular complexity index is 821. The van der Waals surface area contributed by atoms with Crippen molar-refractivity contribution in [2.24, 2.45) is 5.14 Å². The van der Waals surface area contributed by atoms with E-state index in [-0.39, 0.29) is 17.0 Å². The van der Waals surface area contributed by atoms with Gasteiger partial charge in [0.2, 0.25) is 15.9 Å². The van der Waals surface area contributed by atoms with Crippen LogP contribution in [0.4, 0.5) is 14.5 Å². The number of rotatable bonds is 5. The quantitative estimate of drug-likeness (QED) is 0.874. The summed E-state index contributed by atoms with van der Waals surface area (Å²) in [6.45, 7) is 0. The van der Waals surface area contributed by atoms with E-state index in [0.717, 1.165) is 17.7 Å². The van der Waals surface area contributed by atoms with Crippen LogP contribution < -0.4 is 10.5 Å². The molecule has 0 bridgehead atoms. The van der Waals surface area contributed by atoms with Crippen molar-refractivity contribution >= 4 is 21.6 Å². The Hall–Kier alpha value is -2.32. The second kappa shape index (κ2) is 6.84. The first-order valence-corrected chi connectivity index (χ1v) is 8.17. The van der Waals surface area contributed by atoms with Crippen molar-refractivity contribution in [1.29, 1.82) is 0 Å². The van der Waals surface area contributed by atoms with Crippen LogP contribution in [0.1, 0.15) is 12.0 Å². The molecule has 122 valence electrons. The van der Waals surface area contributed by atoms with Gasteiger partial charge in [-0.3, -0.25) is 4.79 Å². The number of aryl methyl sites for hydroxylation is 1. The molecule has 2 aromatic carbocycles. The van der Waals surface area contributed by atoms with Gasteiger partial charge in [0.1, 0.15) is 11.6 Å². The lowest BCUT2D eigenvalue weighted by atomic mass is 10.1. The van der Waals surface area contributed by atoms with Gasteiger partial charge in [-0.05, 0) is 36.2 Å². The molecule has 2 rings (SSSR count). The fourth-order valence-corrected chi connectivity index (χ4v) is 2.42. The summed E-state index contributed by atoms with van der Waals surface area (Å²) in [5.41, 5.74) is 0.633. The van der Waals surface area contributed by atoms with Gasteiger partial charge in [-0.1, -0.05) is 12.1 Å². The van der Waals surface area contributed by atoms with E-state index in [4.69, 9.17) is 5.14 Å². The maximum atomic E-state index is 13.4. The summed E-state index contributed by atoms with van der Waals surface area (Å²) in [4.78, 5) is 11.7. The van der Waals surface area contributed by atoms with Crippen LogP contribution in [0.5, 0.6) is 0 Å². The Labute approximate surface area is 132 Å². The number of halogens is 2. The van der Waals surface area contributed by atoms with Crippen molar-refractivity contribution in [2.45, 2.75) is 17.7 Å². The van der Waals surface area contributed by atoms with Crippen molar-refractivity contribution in [2.75, 3.05) is 5.32 Å². The number of amides is 1. The Morgan fingerprint density at radius 2 is 1.74 bits per heavy atom. The number of primary sulfonamides is 1. The second-order valence-electron chi connectivity index (χ2n) is 4.86. The van der Waals surface area contributed by atoms with Crippen LogP contribution in [0, 0.1) is 11.6 Å². The summed E-state index contributed by atoms with van der Waals surface area (Å²) >= 11 is 0.